The van der Waals surface area contributed by atoms with Crippen LogP contribution in [0.1, 0.15) is 32.1 Å². The predicted molar refractivity (Wildman–Crippen MR) is 96.6 cm³/mol. The number of carbonyl (C=O) groups is 2. The third-order valence-electron chi connectivity index (χ3n) is 5.15. The largest absolute Gasteiger partial charge is 0.494 e. The highest BCUT2D eigenvalue weighted by atomic mass is 19.1. The minimum atomic E-state index is -0.295. The minimum absolute atomic E-state index is 0.000608. The van der Waals surface area contributed by atoms with Crippen LogP contribution < -0.4 is 4.74 Å². The van der Waals surface area contributed by atoms with Gasteiger partial charge in [-0.1, -0.05) is 0 Å². The van der Waals surface area contributed by atoms with Gasteiger partial charge in [0.1, 0.15) is 11.6 Å². The summed E-state index contributed by atoms with van der Waals surface area (Å²) in [5.74, 6) is 0.190. The fourth-order valence-corrected chi connectivity index (χ4v) is 3.66. The monoisotopic (exact) mass is 374 g/mol. The van der Waals surface area contributed by atoms with Crippen LogP contribution in [0.15, 0.2) is 46.9 Å². The Hall–Kier alpha value is -2.63. The molecule has 0 N–H and O–H groups in total. The van der Waals surface area contributed by atoms with Crippen LogP contribution in [0.4, 0.5) is 4.39 Å². The first-order chi connectivity index (χ1) is 13.0. The van der Waals surface area contributed by atoms with E-state index < -0.39 is 0 Å². The summed E-state index contributed by atoms with van der Waals surface area (Å²) >= 11 is 0. The van der Waals surface area contributed by atoms with Gasteiger partial charge in [-0.15, -0.1) is 0 Å². The summed E-state index contributed by atoms with van der Waals surface area (Å²) in [5, 5.41) is 0. The molecular weight excluding hydrogens is 351 g/mol. The Morgan fingerprint density at radius 2 is 1.44 bits per heavy atom. The number of halogens is 1. The zero-order chi connectivity index (χ0) is 19.4. The van der Waals surface area contributed by atoms with Crippen molar-refractivity contribution >= 4 is 11.6 Å². The molecule has 0 aromatic heterocycles. The molecule has 0 saturated heterocycles. The average Bonchev–Trinajstić information content (AvgIpc) is 2.89. The highest BCUT2D eigenvalue weighted by Crippen LogP contribution is 2.36. The van der Waals surface area contributed by atoms with Crippen LogP contribution in [0.25, 0.3) is 0 Å². The van der Waals surface area contributed by atoms with E-state index >= 15 is 0 Å². The van der Waals surface area contributed by atoms with Crippen molar-refractivity contribution in [3.63, 3.8) is 0 Å². The third kappa shape index (κ3) is 4.04. The van der Waals surface area contributed by atoms with Gasteiger partial charge in [0, 0.05) is 11.1 Å². The number of ketones is 2. The number of allylic oxidation sites excluding steroid dienone is 2. The van der Waals surface area contributed by atoms with Gasteiger partial charge >= 0.3 is 0 Å². The Labute approximate surface area is 157 Å². The molecule has 1 aromatic rings. The van der Waals surface area contributed by atoms with Crippen LogP contribution in [-0.4, -0.2) is 32.4 Å². The molecule has 0 unspecified atom stereocenters. The molecule has 6 heteroatoms. The molecule has 2 aliphatic carbocycles. The van der Waals surface area contributed by atoms with Gasteiger partial charge in [0.2, 0.25) is 23.1 Å². The SMILES string of the molecule is COC1=C(OC)C(=O)C2=C(CCC(CCOc3ccc(F)cc3)CC2)C1=O. The van der Waals surface area contributed by atoms with E-state index in [9.17, 15) is 14.0 Å². The Morgan fingerprint density at radius 1 is 0.926 bits per heavy atom. The molecule has 0 bridgehead atoms. The van der Waals surface area contributed by atoms with E-state index in [0.717, 1.165) is 19.3 Å². The topological polar surface area (TPSA) is 61.8 Å². The Bertz CT molecular complexity index is 751. The summed E-state index contributed by atoms with van der Waals surface area (Å²) in [6.07, 6.45) is 3.52. The fourth-order valence-electron chi connectivity index (χ4n) is 3.66. The quantitative estimate of drug-likeness (QED) is 0.710. The van der Waals surface area contributed by atoms with Gasteiger partial charge in [0.15, 0.2) is 0 Å². The fraction of sp³-hybridized carbons (Fsp3) is 0.429. The van der Waals surface area contributed by atoms with E-state index in [2.05, 4.69) is 0 Å². The number of Topliss-reactive ketones (excluding diaryl/α,β-unsaturated/α-hetero) is 2. The number of hydrogen-bond donors (Lipinski definition) is 0. The molecule has 0 atom stereocenters. The molecule has 0 aliphatic heterocycles. The summed E-state index contributed by atoms with van der Waals surface area (Å²) in [6.45, 7) is 0.508. The molecule has 2 aliphatic rings. The minimum Gasteiger partial charge on any atom is -0.494 e. The highest BCUT2D eigenvalue weighted by molar-refractivity contribution is 6.23. The predicted octanol–water partition coefficient (Wildman–Crippen LogP) is 3.74. The highest BCUT2D eigenvalue weighted by Gasteiger charge is 2.37. The van der Waals surface area contributed by atoms with Gasteiger partial charge in [-0.25, -0.2) is 4.39 Å². The lowest BCUT2D eigenvalue weighted by Crippen LogP contribution is -2.25. The standard InChI is InChI=1S/C21H23FO5/c1-25-20-18(23)16-9-3-13(4-10-17(16)19(24)21(20)26-2)11-12-27-15-7-5-14(22)6-8-15/h5-8,13H,3-4,9-12H2,1-2H3. The van der Waals surface area contributed by atoms with Crippen molar-refractivity contribution in [2.24, 2.45) is 5.92 Å². The molecule has 0 heterocycles. The van der Waals surface area contributed by atoms with E-state index in [1.807, 2.05) is 0 Å². The molecule has 3 rings (SSSR count). The molecular formula is C21H23FO5. The first-order valence-electron chi connectivity index (χ1n) is 9.07. The van der Waals surface area contributed by atoms with Crippen LogP contribution in [-0.2, 0) is 19.1 Å². The number of carbonyl (C=O) groups excluding carboxylic acids is 2. The van der Waals surface area contributed by atoms with Crippen molar-refractivity contribution in [2.45, 2.75) is 32.1 Å². The van der Waals surface area contributed by atoms with E-state index in [-0.39, 0.29) is 28.9 Å². The smallest absolute Gasteiger partial charge is 0.228 e. The Morgan fingerprint density at radius 3 is 1.93 bits per heavy atom. The molecule has 0 spiro atoms. The number of hydrogen-bond acceptors (Lipinski definition) is 5. The normalized spacial score (nSPS) is 18.3. The van der Waals surface area contributed by atoms with Crippen molar-refractivity contribution in [3.8, 4) is 5.75 Å². The van der Waals surface area contributed by atoms with Crippen molar-refractivity contribution in [3.05, 3.63) is 52.7 Å². The van der Waals surface area contributed by atoms with Crippen molar-refractivity contribution in [1.82, 2.24) is 0 Å². The molecule has 0 amide bonds. The maximum absolute atomic E-state index is 12.9. The maximum Gasteiger partial charge on any atom is 0.228 e. The molecule has 1 aromatic carbocycles. The number of benzene rings is 1. The van der Waals surface area contributed by atoms with Gasteiger partial charge in [-0.2, -0.15) is 0 Å². The van der Waals surface area contributed by atoms with Crippen molar-refractivity contribution in [1.29, 1.82) is 0 Å². The third-order valence-corrected chi connectivity index (χ3v) is 5.15. The molecule has 0 fully saturated rings. The molecule has 27 heavy (non-hydrogen) atoms. The van der Waals surface area contributed by atoms with Crippen LogP contribution in [0, 0.1) is 11.7 Å². The number of methoxy groups -OCH3 is 2. The van der Waals surface area contributed by atoms with E-state index in [1.54, 1.807) is 12.1 Å². The summed E-state index contributed by atoms with van der Waals surface area (Å²) in [5.41, 5.74) is 1.11. The Balaban J connectivity index is 1.60. The van der Waals surface area contributed by atoms with E-state index in [0.29, 0.717) is 42.3 Å². The van der Waals surface area contributed by atoms with Crippen LogP contribution >= 0.6 is 0 Å². The molecule has 0 radical (unpaired) electrons. The maximum atomic E-state index is 12.9. The van der Waals surface area contributed by atoms with Crippen molar-refractivity contribution in [2.75, 3.05) is 20.8 Å². The van der Waals surface area contributed by atoms with Crippen molar-refractivity contribution < 1.29 is 28.2 Å². The lowest BCUT2D eigenvalue weighted by atomic mass is 9.89. The van der Waals surface area contributed by atoms with Crippen LogP contribution in [0.5, 0.6) is 5.75 Å². The average molecular weight is 374 g/mol. The van der Waals surface area contributed by atoms with Crippen LogP contribution in [0.3, 0.4) is 0 Å². The lowest BCUT2D eigenvalue weighted by molar-refractivity contribution is -0.121. The van der Waals surface area contributed by atoms with E-state index in [4.69, 9.17) is 14.2 Å². The summed E-state index contributed by atoms with van der Waals surface area (Å²) in [7, 11) is 2.74. The summed E-state index contributed by atoms with van der Waals surface area (Å²) in [4.78, 5) is 25.3. The summed E-state index contributed by atoms with van der Waals surface area (Å²) in [6, 6.07) is 5.93. The first-order valence-corrected chi connectivity index (χ1v) is 9.07. The first kappa shape index (κ1) is 19.1. The summed E-state index contributed by atoms with van der Waals surface area (Å²) < 4.78 is 28.8. The number of rotatable bonds is 6. The second-order valence-corrected chi connectivity index (χ2v) is 6.72. The van der Waals surface area contributed by atoms with Gasteiger partial charge in [-0.3, -0.25) is 9.59 Å². The van der Waals surface area contributed by atoms with E-state index in [1.165, 1.54) is 26.4 Å². The Kier molecular flexibility index (Phi) is 5.94. The zero-order valence-corrected chi connectivity index (χ0v) is 15.5. The lowest BCUT2D eigenvalue weighted by Gasteiger charge is -2.20. The van der Waals surface area contributed by atoms with Gasteiger partial charge in [0.05, 0.1) is 20.8 Å². The van der Waals surface area contributed by atoms with Gasteiger partial charge in [-0.05, 0) is 62.3 Å². The molecule has 5 nitrogen and oxygen atoms in total. The second-order valence-electron chi connectivity index (χ2n) is 6.72. The second kappa shape index (κ2) is 8.37. The van der Waals surface area contributed by atoms with Crippen LogP contribution in [0.2, 0.25) is 0 Å². The molecule has 144 valence electrons. The zero-order valence-electron chi connectivity index (χ0n) is 15.5. The van der Waals surface area contributed by atoms with Gasteiger partial charge in [0.25, 0.3) is 0 Å². The van der Waals surface area contributed by atoms with Gasteiger partial charge < -0.3 is 14.2 Å². The molecule has 0 saturated carbocycles. The number of ether oxygens (including phenoxy) is 3.